The van der Waals surface area contributed by atoms with Crippen LogP contribution in [0.2, 0.25) is 0 Å². The summed E-state index contributed by atoms with van der Waals surface area (Å²) in [5.74, 6) is 0. The van der Waals surface area contributed by atoms with E-state index in [4.69, 9.17) is 9.47 Å². The van der Waals surface area contributed by atoms with Crippen molar-refractivity contribution in [3.05, 3.63) is 36.5 Å². The van der Waals surface area contributed by atoms with Crippen molar-refractivity contribution in [2.45, 2.75) is 89.6 Å². The van der Waals surface area contributed by atoms with Crippen LogP contribution in [0.25, 0.3) is 11.3 Å². The number of aliphatic hydroxyl groups is 2. The summed E-state index contributed by atoms with van der Waals surface area (Å²) in [7, 11) is 0. The van der Waals surface area contributed by atoms with E-state index >= 15 is 0 Å². The first-order chi connectivity index (χ1) is 14.0. The number of unbranched alkanes of at least 4 members (excludes halogenated alkanes) is 3. The first-order valence-corrected chi connectivity index (χ1v) is 10.7. The van der Waals surface area contributed by atoms with Gasteiger partial charge in [0.2, 0.25) is 0 Å². The van der Waals surface area contributed by atoms with E-state index in [2.05, 4.69) is 10.3 Å². The molecule has 1 aromatic heterocycles. The molecular formula is C22H33N3O4. The fraction of sp³-hybridized carbons (Fsp3) is 0.636. The highest BCUT2D eigenvalue weighted by Gasteiger charge is 2.35. The molecule has 2 aromatic rings. The Labute approximate surface area is 172 Å². The first kappa shape index (κ1) is 21.9. The smallest absolute Gasteiger partial charge is 0.184 e. The molecule has 1 unspecified atom stereocenters. The summed E-state index contributed by atoms with van der Waals surface area (Å²) < 4.78 is 13.3. The Balaban J connectivity index is 1.28. The molecular weight excluding hydrogens is 370 g/mol. The van der Waals surface area contributed by atoms with Gasteiger partial charge in [-0.3, -0.25) is 4.68 Å². The zero-order valence-corrected chi connectivity index (χ0v) is 17.4. The summed E-state index contributed by atoms with van der Waals surface area (Å²) in [4.78, 5) is 0. The Hall–Kier alpha value is -1.80. The molecule has 0 amide bonds. The third kappa shape index (κ3) is 6.60. The predicted octanol–water partition coefficient (Wildman–Crippen LogP) is 3.16. The maximum Gasteiger partial charge on any atom is 0.184 e. The van der Waals surface area contributed by atoms with Crippen LogP contribution in [-0.2, 0) is 16.0 Å². The van der Waals surface area contributed by atoms with E-state index in [-0.39, 0.29) is 12.2 Å². The van der Waals surface area contributed by atoms with E-state index in [1.165, 1.54) is 0 Å². The zero-order valence-electron chi connectivity index (χ0n) is 17.4. The van der Waals surface area contributed by atoms with E-state index < -0.39 is 18.5 Å². The second-order valence-corrected chi connectivity index (χ2v) is 7.96. The van der Waals surface area contributed by atoms with Gasteiger partial charge in [0, 0.05) is 18.5 Å². The van der Waals surface area contributed by atoms with Crippen molar-refractivity contribution in [3.8, 4) is 11.3 Å². The summed E-state index contributed by atoms with van der Waals surface area (Å²) in [5.41, 5.74) is 1.99. The molecule has 0 bridgehead atoms. The second kappa shape index (κ2) is 10.8. The van der Waals surface area contributed by atoms with Gasteiger partial charge in [-0.25, -0.2) is 0 Å². The fourth-order valence-corrected chi connectivity index (χ4v) is 3.57. The van der Waals surface area contributed by atoms with Gasteiger partial charge in [0.1, 0.15) is 11.8 Å². The normalized spacial score (nSPS) is 25.8. The maximum atomic E-state index is 10.0. The van der Waals surface area contributed by atoms with Gasteiger partial charge in [0.25, 0.3) is 0 Å². The Kier molecular flexibility index (Phi) is 8.18. The summed E-state index contributed by atoms with van der Waals surface area (Å²) >= 11 is 0. The van der Waals surface area contributed by atoms with Gasteiger partial charge in [0.05, 0.1) is 24.5 Å². The van der Waals surface area contributed by atoms with Gasteiger partial charge in [-0.2, -0.15) is 0 Å². The van der Waals surface area contributed by atoms with Crippen LogP contribution in [0.5, 0.6) is 0 Å². The van der Waals surface area contributed by atoms with E-state index in [9.17, 15) is 10.2 Å². The number of hydrogen-bond acceptors (Lipinski definition) is 6. The van der Waals surface area contributed by atoms with Crippen LogP contribution in [0, 0.1) is 0 Å². The first-order valence-electron chi connectivity index (χ1n) is 10.7. The van der Waals surface area contributed by atoms with Gasteiger partial charge in [-0.05, 0) is 26.7 Å². The van der Waals surface area contributed by atoms with E-state index in [0.29, 0.717) is 6.42 Å². The lowest BCUT2D eigenvalue weighted by atomic mass is 10.0. The lowest BCUT2D eigenvalue weighted by Gasteiger charge is -2.36. The number of benzene rings is 1. The Morgan fingerprint density at radius 2 is 1.90 bits per heavy atom. The number of nitrogens with zero attached hydrogens (tertiary/aromatic N) is 3. The van der Waals surface area contributed by atoms with E-state index in [1.54, 1.807) is 6.92 Å². The van der Waals surface area contributed by atoms with Gasteiger partial charge in [-0.15, -0.1) is 5.10 Å². The number of aromatic nitrogens is 3. The van der Waals surface area contributed by atoms with Crippen molar-refractivity contribution < 1.29 is 19.7 Å². The Bertz CT molecular complexity index is 724. The Morgan fingerprint density at radius 1 is 1.14 bits per heavy atom. The van der Waals surface area contributed by atoms with Crippen LogP contribution < -0.4 is 0 Å². The highest BCUT2D eigenvalue weighted by molar-refractivity contribution is 5.57. The molecule has 1 saturated heterocycles. The molecule has 0 spiro atoms. The van der Waals surface area contributed by atoms with Crippen molar-refractivity contribution in [1.82, 2.24) is 15.0 Å². The molecule has 1 aliphatic rings. The third-order valence-electron chi connectivity index (χ3n) is 5.41. The lowest BCUT2D eigenvalue weighted by Crippen LogP contribution is -2.48. The molecule has 2 N–H and O–H groups in total. The largest absolute Gasteiger partial charge is 0.390 e. The maximum absolute atomic E-state index is 10.0. The second-order valence-electron chi connectivity index (χ2n) is 7.96. The highest BCUT2D eigenvalue weighted by atomic mass is 16.7. The van der Waals surface area contributed by atoms with Gasteiger partial charge < -0.3 is 19.7 Å². The van der Waals surface area contributed by atoms with E-state index in [1.807, 2.05) is 48.1 Å². The molecule has 7 heteroatoms. The van der Waals surface area contributed by atoms with Gasteiger partial charge >= 0.3 is 0 Å². The third-order valence-corrected chi connectivity index (χ3v) is 5.41. The predicted molar refractivity (Wildman–Crippen MR) is 110 cm³/mol. The minimum atomic E-state index is -0.771. The molecule has 3 rings (SSSR count). The van der Waals surface area contributed by atoms with Crippen LogP contribution in [0.3, 0.4) is 0 Å². The number of rotatable bonds is 10. The average Bonchev–Trinajstić information content (AvgIpc) is 3.18. The number of hydrogen-bond donors (Lipinski definition) is 2. The standard InChI is InChI=1S/C22H33N3O4/c1-16(28-22-21(27)14-20(26)17(2)29-22)10-6-3-4-9-13-25-15-19(23-24-25)18-11-7-5-8-12-18/h5,7-8,11-12,15-17,20-22,26-27H,3-4,6,9-10,13-14H2,1-2H3/t16-,17?,20-,21-,22-/m1/s1. The molecule has 160 valence electrons. The topological polar surface area (TPSA) is 89.6 Å². The minimum absolute atomic E-state index is 0.0147. The van der Waals surface area contributed by atoms with Crippen LogP contribution >= 0.6 is 0 Å². The molecule has 0 aliphatic carbocycles. The van der Waals surface area contributed by atoms with Crippen molar-refractivity contribution in [1.29, 1.82) is 0 Å². The molecule has 7 nitrogen and oxygen atoms in total. The van der Waals surface area contributed by atoms with Crippen LogP contribution in [0.15, 0.2) is 36.5 Å². The zero-order chi connectivity index (χ0) is 20.6. The molecule has 29 heavy (non-hydrogen) atoms. The molecule has 5 atom stereocenters. The summed E-state index contributed by atoms with van der Waals surface area (Å²) in [6.07, 6.45) is 5.25. The van der Waals surface area contributed by atoms with Crippen LogP contribution in [0.1, 0.15) is 52.4 Å². The molecule has 1 aliphatic heterocycles. The monoisotopic (exact) mass is 403 g/mol. The molecule has 0 radical (unpaired) electrons. The van der Waals surface area contributed by atoms with Crippen LogP contribution in [0.4, 0.5) is 0 Å². The minimum Gasteiger partial charge on any atom is -0.390 e. The molecule has 1 aromatic carbocycles. The number of ether oxygens (including phenoxy) is 2. The quantitative estimate of drug-likeness (QED) is 0.593. The van der Waals surface area contributed by atoms with Crippen molar-refractivity contribution in [3.63, 3.8) is 0 Å². The summed E-state index contributed by atoms with van der Waals surface area (Å²) in [6, 6.07) is 10.1. The molecule has 2 heterocycles. The van der Waals surface area contributed by atoms with Crippen molar-refractivity contribution >= 4 is 0 Å². The lowest BCUT2D eigenvalue weighted by molar-refractivity contribution is -0.273. The average molecular weight is 404 g/mol. The fourth-order valence-electron chi connectivity index (χ4n) is 3.57. The van der Waals surface area contributed by atoms with Gasteiger partial charge in [-0.1, -0.05) is 54.8 Å². The van der Waals surface area contributed by atoms with E-state index in [0.717, 1.165) is 49.9 Å². The SMILES string of the molecule is CC1O[C@@H](O[C@H](C)CCCCCCn2cc(-c3ccccc3)nn2)[C@H](O)C[C@H]1O. The summed E-state index contributed by atoms with van der Waals surface area (Å²) in [6.45, 7) is 4.68. The Morgan fingerprint density at radius 3 is 2.69 bits per heavy atom. The van der Waals surface area contributed by atoms with Crippen molar-refractivity contribution in [2.75, 3.05) is 0 Å². The number of aliphatic hydroxyl groups excluding tert-OH is 2. The summed E-state index contributed by atoms with van der Waals surface area (Å²) in [5, 5.41) is 28.2. The van der Waals surface area contributed by atoms with Crippen molar-refractivity contribution in [2.24, 2.45) is 0 Å². The molecule has 0 saturated carbocycles. The number of aryl methyl sites for hydroxylation is 1. The highest BCUT2D eigenvalue weighted by Crippen LogP contribution is 2.23. The van der Waals surface area contributed by atoms with Gasteiger partial charge in [0.15, 0.2) is 6.29 Å². The molecule has 1 fully saturated rings. The van der Waals surface area contributed by atoms with Crippen LogP contribution in [-0.4, -0.2) is 55.9 Å².